The maximum absolute atomic E-state index is 13.9. The van der Waals surface area contributed by atoms with E-state index < -0.39 is 0 Å². The van der Waals surface area contributed by atoms with Gasteiger partial charge in [0.25, 0.3) is 5.56 Å². The molecule has 6 rings (SSSR count). The summed E-state index contributed by atoms with van der Waals surface area (Å²) in [7, 11) is 0. The topological polar surface area (TPSA) is 55.2 Å². The molecule has 0 spiro atoms. The number of aromatic nitrogens is 2. The Bertz CT molecular complexity index is 1480. The molecule has 178 valence electrons. The first-order valence-electron chi connectivity index (χ1n) is 12.2. The number of rotatable bonds is 4. The second kappa shape index (κ2) is 9.28. The molecule has 0 saturated carbocycles. The minimum absolute atomic E-state index is 0.0217. The van der Waals surface area contributed by atoms with E-state index in [0.717, 1.165) is 60.2 Å². The van der Waals surface area contributed by atoms with Crippen LogP contribution in [0.5, 0.6) is 0 Å². The number of para-hydroxylation sites is 2. The zero-order valence-electron chi connectivity index (χ0n) is 19.7. The van der Waals surface area contributed by atoms with E-state index in [-0.39, 0.29) is 17.2 Å². The van der Waals surface area contributed by atoms with Crippen molar-refractivity contribution in [1.29, 1.82) is 0 Å². The average Bonchev–Trinajstić information content (AvgIpc) is 3.25. The summed E-state index contributed by atoms with van der Waals surface area (Å²) in [4.78, 5) is 36.2. The number of thioether (sulfide) groups is 1. The van der Waals surface area contributed by atoms with E-state index in [0.29, 0.717) is 11.1 Å². The number of benzene rings is 2. The van der Waals surface area contributed by atoms with Crippen LogP contribution in [0.15, 0.2) is 64.5 Å². The van der Waals surface area contributed by atoms with Crippen molar-refractivity contribution in [2.75, 3.05) is 17.2 Å². The molecule has 1 unspecified atom stereocenters. The molecule has 35 heavy (non-hydrogen) atoms. The van der Waals surface area contributed by atoms with Crippen molar-refractivity contribution in [2.24, 2.45) is 5.92 Å². The highest BCUT2D eigenvalue weighted by atomic mass is 32.2. The standard InChI is InChI=1S/C28H27N3O2S2/c1-18-13-14-21-23(16-18)35-26-25(21)27(33)31(20-10-3-2-4-11-20)28(29-26)34-17-24(32)30-15-7-9-19-8-5-6-12-22(19)30/h2-6,8,10-12,18H,7,9,13-17H2,1H3. The van der Waals surface area contributed by atoms with Gasteiger partial charge in [-0.3, -0.25) is 14.2 Å². The zero-order valence-corrected chi connectivity index (χ0v) is 21.3. The molecule has 2 aliphatic rings. The lowest BCUT2D eigenvalue weighted by Crippen LogP contribution is -2.36. The maximum Gasteiger partial charge on any atom is 0.267 e. The van der Waals surface area contributed by atoms with Crippen molar-refractivity contribution >= 4 is 44.9 Å². The molecule has 2 aromatic carbocycles. The number of nitrogens with zero attached hydrogens (tertiary/aromatic N) is 3. The van der Waals surface area contributed by atoms with Crippen molar-refractivity contribution in [3.8, 4) is 5.69 Å². The van der Waals surface area contributed by atoms with Gasteiger partial charge in [0.15, 0.2) is 5.16 Å². The Kier molecular flexibility index (Phi) is 5.98. The third-order valence-electron chi connectivity index (χ3n) is 7.05. The van der Waals surface area contributed by atoms with E-state index >= 15 is 0 Å². The summed E-state index contributed by atoms with van der Waals surface area (Å²) in [6, 6.07) is 17.8. The van der Waals surface area contributed by atoms with E-state index in [1.807, 2.05) is 53.4 Å². The molecule has 0 saturated heterocycles. The Balaban J connectivity index is 1.39. The Labute approximate surface area is 212 Å². The molecular weight excluding hydrogens is 474 g/mol. The second-order valence-electron chi connectivity index (χ2n) is 9.47. The monoisotopic (exact) mass is 501 g/mol. The number of aryl methyl sites for hydroxylation is 2. The van der Waals surface area contributed by atoms with E-state index in [1.165, 1.54) is 27.8 Å². The largest absolute Gasteiger partial charge is 0.311 e. The number of carbonyl (C=O) groups excluding carboxylic acids is 1. The van der Waals surface area contributed by atoms with Gasteiger partial charge in [-0.15, -0.1) is 11.3 Å². The summed E-state index contributed by atoms with van der Waals surface area (Å²) in [5, 5.41) is 1.35. The molecule has 1 atom stereocenters. The summed E-state index contributed by atoms with van der Waals surface area (Å²) >= 11 is 3.02. The Morgan fingerprint density at radius 2 is 1.91 bits per heavy atom. The number of hydrogen-bond donors (Lipinski definition) is 0. The van der Waals surface area contributed by atoms with Gasteiger partial charge < -0.3 is 4.90 Å². The summed E-state index contributed by atoms with van der Waals surface area (Å²) in [5.41, 5.74) is 4.17. The normalized spacial score (nSPS) is 17.3. The number of carbonyl (C=O) groups is 1. The molecule has 0 radical (unpaired) electrons. The predicted octanol–water partition coefficient (Wildman–Crippen LogP) is 5.64. The molecule has 4 aromatic rings. The van der Waals surface area contributed by atoms with E-state index in [4.69, 9.17) is 4.98 Å². The van der Waals surface area contributed by atoms with Crippen LogP contribution in [0.1, 0.15) is 35.8 Å². The van der Waals surface area contributed by atoms with Crippen LogP contribution in [-0.4, -0.2) is 27.8 Å². The van der Waals surface area contributed by atoms with Crippen LogP contribution in [0.4, 0.5) is 5.69 Å². The Hall–Kier alpha value is -2.90. The Morgan fingerprint density at radius 3 is 2.77 bits per heavy atom. The number of anilines is 1. The molecule has 1 amide bonds. The number of thiophene rings is 1. The summed E-state index contributed by atoms with van der Waals surface area (Å²) in [6.45, 7) is 3.00. The molecule has 3 heterocycles. The first kappa shape index (κ1) is 22.6. The third kappa shape index (κ3) is 4.10. The van der Waals surface area contributed by atoms with Gasteiger partial charge in [0, 0.05) is 17.1 Å². The minimum atomic E-state index is -0.0217. The van der Waals surface area contributed by atoms with Crippen molar-refractivity contribution in [1.82, 2.24) is 9.55 Å². The highest BCUT2D eigenvalue weighted by molar-refractivity contribution is 7.99. The van der Waals surface area contributed by atoms with Gasteiger partial charge in [0.05, 0.1) is 16.8 Å². The number of hydrogen-bond acceptors (Lipinski definition) is 5. The van der Waals surface area contributed by atoms with Gasteiger partial charge in [-0.05, 0) is 67.3 Å². The summed E-state index contributed by atoms with van der Waals surface area (Å²) in [6.07, 6.45) is 5.01. The third-order valence-corrected chi connectivity index (χ3v) is 9.12. The van der Waals surface area contributed by atoms with Gasteiger partial charge in [-0.1, -0.05) is 55.1 Å². The summed E-state index contributed by atoms with van der Waals surface area (Å²) in [5.74, 6) is 0.919. The second-order valence-corrected chi connectivity index (χ2v) is 11.5. The quantitative estimate of drug-likeness (QED) is 0.268. The van der Waals surface area contributed by atoms with Crippen LogP contribution < -0.4 is 10.5 Å². The lowest BCUT2D eigenvalue weighted by Gasteiger charge is -2.29. The lowest BCUT2D eigenvalue weighted by atomic mass is 9.89. The van der Waals surface area contributed by atoms with Crippen LogP contribution in [-0.2, 0) is 24.1 Å². The average molecular weight is 502 g/mol. The zero-order chi connectivity index (χ0) is 23.9. The van der Waals surface area contributed by atoms with E-state index in [1.54, 1.807) is 15.9 Å². The van der Waals surface area contributed by atoms with Crippen LogP contribution in [0, 0.1) is 5.92 Å². The molecule has 0 bridgehead atoms. The predicted molar refractivity (Wildman–Crippen MR) is 144 cm³/mol. The molecule has 2 aromatic heterocycles. The van der Waals surface area contributed by atoms with Crippen molar-refractivity contribution in [3.63, 3.8) is 0 Å². The van der Waals surface area contributed by atoms with Gasteiger partial charge in [0.2, 0.25) is 5.91 Å². The van der Waals surface area contributed by atoms with Crippen LogP contribution in [0.2, 0.25) is 0 Å². The number of amides is 1. The fourth-order valence-electron chi connectivity index (χ4n) is 5.27. The Morgan fingerprint density at radius 1 is 1.11 bits per heavy atom. The first-order chi connectivity index (χ1) is 17.1. The van der Waals surface area contributed by atoms with E-state index in [2.05, 4.69) is 13.0 Å². The van der Waals surface area contributed by atoms with Gasteiger partial charge in [0.1, 0.15) is 4.83 Å². The molecule has 1 aliphatic carbocycles. The van der Waals surface area contributed by atoms with Gasteiger partial charge >= 0.3 is 0 Å². The van der Waals surface area contributed by atoms with Crippen LogP contribution in [0.3, 0.4) is 0 Å². The fourth-order valence-corrected chi connectivity index (χ4v) is 7.58. The SMILES string of the molecule is CC1CCc2c(sc3nc(SCC(=O)N4CCCc5ccccc54)n(-c4ccccc4)c(=O)c23)C1. The molecular formula is C28H27N3O2S2. The van der Waals surface area contributed by atoms with Crippen molar-refractivity contribution < 1.29 is 4.79 Å². The van der Waals surface area contributed by atoms with Crippen molar-refractivity contribution in [2.45, 2.75) is 44.2 Å². The molecule has 0 N–H and O–H groups in total. The molecule has 5 nitrogen and oxygen atoms in total. The van der Waals surface area contributed by atoms with E-state index in [9.17, 15) is 9.59 Å². The van der Waals surface area contributed by atoms with Crippen molar-refractivity contribution in [3.05, 3.63) is 81.0 Å². The molecule has 1 aliphatic heterocycles. The highest BCUT2D eigenvalue weighted by Crippen LogP contribution is 2.37. The van der Waals surface area contributed by atoms with Crippen LogP contribution in [0.25, 0.3) is 15.9 Å². The van der Waals surface area contributed by atoms with Gasteiger partial charge in [-0.2, -0.15) is 0 Å². The smallest absolute Gasteiger partial charge is 0.267 e. The highest BCUT2D eigenvalue weighted by Gasteiger charge is 2.27. The fraction of sp³-hybridized carbons (Fsp3) is 0.321. The number of fused-ring (bicyclic) bond motifs is 4. The summed E-state index contributed by atoms with van der Waals surface area (Å²) < 4.78 is 1.70. The first-order valence-corrected chi connectivity index (χ1v) is 14.0. The minimum Gasteiger partial charge on any atom is -0.311 e. The van der Waals surface area contributed by atoms with Gasteiger partial charge in [-0.25, -0.2) is 4.98 Å². The van der Waals surface area contributed by atoms with Crippen LogP contribution >= 0.6 is 23.1 Å². The lowest BCUT2D eigenvalue weighted by molar-refractivity contribution is -0.116. The molecule has 0 fully saturated rings. The molecule has 7 heteroatoms. The maximum atomic E-state index is 13.9.